The third kappa shape index (κ3) is 4.94. The van der Waals surface area contributed by atoms with E-state index in [9.17, 15) is 9.59 Å². The number of aromatic nitrogens is 1. The normalized spacial score (nSPS) is 16.8. The largest absolute Gasteiger partial charge is 0.465 e. The van der Waals surface area contributed by atoms with Crippen LogP contribution in [-0.4, -0.2) is 29.1 Å². The number of esters is 1. The number of nitrogens with one attached hydrogen (secondary N) is 2. The van der Waals surface area contributed by atoms with Crippen molar-refractivity contribution >= 4 is 40.6 Å². The first-order valence-corrected chi connectivity index (χ1v) is 12.0. The summed E-state index contributed by atoms with van der Waals surface area (Å²) in [7, 11) is 1.35. The zero-order chi connectivity index (χ0) is 25.9. The van der Waals surface area contributed by atoms with E-state index in [1.54, 1.807) is 24.4 Å². The Kier molecular flexibility index (Phi) is 6.70. The molecule has 186 valence electrons. The number of benzene rings is 2. The fourth-order valence-electron chi connectivity index (χ4n) is 4.41. The van der Waals surface area contributed by atoms with E-state index in [-0.39, 0.29) is 18.0 Å². The van der Waals surface area contributed by atoms with Gasteiger partial charge in [0, 0.05) is 30.1 Å². The van der Waals surface area contributed by atoms with Crippen LogP contribution in [0, 0.1) is 0 Å². The third-order valence-electron chi connectivity index (χ3n) is 6.05. The maximum Gasteiger partial charge on any atom is 0.337 e. The Balaban J connectivity index is 1.54. The highest BCUT2D eigenvalue weighted by Gasteiger charge is 2.42. The van der Waals surface area contributed by atoms with Crippen LogP contribution in [0.1, 0.15) is 40.8 Å². The van der Waals surface area contributed by atoms with Gasteiger partial charge < -0.3 is 24.7 Å². The lowest BCUT2D eigenvalue weighted by Gasteiger charge is -2.26. The van der Waals surface area contributed by atoms with Crippen molar-refractivity contribution in [2.45, 2.75) is 19.0 Å². The highest BCUT2D eigenvalue weighted by atomic mass is 32.1. The lowest BCUT2D eigenvalue weighted by atomic mass is 10.0. The summed E-state index contributed by atoms with van der Waals surface area (Å²) in [6, 6.07) is 23.5. The average molecular weight is 513 g/mol. The van der Waals surface area contributed by atoms with E-state index in [0.29, 0.717) is 27.9 Å². The molecule has 0 bridgehead atoms. The molecule has 0 saturated carbocycles. The van der Waals surface area contributed by atoms with Crippen molar-refractivity contribution in [3.8, 4) is 11.3 Å². The van der Waals surface area contributed by atoms with Gasteiger partial charge in [-0.2, -0.15) is 0 Å². The van der Waals surface area contributed by atoms with Gasteiger partial charge in [-0.3, -0.25) is 9.78 Å². The van der Waals surface area contributed by atoms with Crippen molar-refractivity contribution in [1.29, 1.82) is 0 Å². The molecule has 1 aliphatic heterocycles. The second kappa shape index (κ2) is 10.2. The smallest absolute Gasteiger partial charge is 0.337 e. The van der Waals surface area contributed by atoms with Gasteiger partial charge in [-0.05, 0) is 72.9 Å². The van der Waals surface area contributed by atoms with Crippen molar-refractivity contribution in [1.82, 2.24) is 10.3 Å². The lowest BCUT2D eigenvalue weighted by molar-refractivity contribution is -0.114. The molecule has 0 aliphatic carbocycles. The van der Waals surface area contributed by atoms with Gasteiger partial charge in [-0.1, -0.05) is 18.2 Å². The standard InChI is InChI=1S/C28H24N4O4S/c1-17(33)30-20-9-11-21(12-10-20)32-26(25(31-28(32)37)22-8-3-4-15-29-22)24-14-13-23(36-24)18-6-5-7-19(16-18)27(34)35-2/h3-16,25-26H,1-2H3,(H,30,33)(H,31,37)/t25-,26-/m0/s1. The number of rotatable bonds is 6. The second-order valence-electron chi connectivity index (χ2n) is 8.50. The first-order valence-electron chi connectivity index (χ1n) is 11.6. The van der Waals surface area contributed by atoms with Gasteiger partial charge in [0.25, 0.3) is 0 Å². The maximum absolute atomic E-state index is 12.0. The molecule has 4 aromatic rings. The first-order chi connectivity index (χ1) is 17.9. The molecule has 0 spiro atoms. The predicted octanol–water partition coefficient (Wildman–Crippen LogP) is 5.26. The van der Waals surface area contributed by atoms with Gasteiger partial charge in [0.15, 0.2) is 5.11 Å². The summed E-state index contributed by atoms with van der Waals surface area (Å²) < 4.78 is 11.2. The number of hydrogen-bond donors (Lipinski definition) is 2. The molecule has 2 atom stereocenters. The molecule has 0 radical (unpaired) electrons. The van der Waals surface area contributed by atoms with Crippen LogP contribution < -0.4 is 15.5 Å². The zero-order valence-electron chi connectivity index (χ0n) is 20.2. The van der Waals surface area contributed by atoms with Crippen LogP contribution in [0.5, 0.6) is 0 Å². The minimum absolute atomic E-state index is 0.140. The number of anilines is 2. The van der Waals surface area contributed by atoms with Gasteiger partial charge in [-0.25, -0.2) is 4.79 Å². The van der Waals surface area contributed by atoms with Crippen molar-refractivity contribution in [2.75, 3.05) is 17.3 Å². The molecule has 1 saturated heterocycles. The van der Waals surface area contributed by atoms with E-state index < -0.39 is 5.97 Å². The summed E-state index contributed by atoms with van der Waals surface area (Å²) in [6.07, 6.45) is 1.74. The van der Waals surface area contributed by atoms with Gasteiger partial charge in [0.1, 0.15) is 17.6 Å². The zero-order valence-corrected chi connectivity index (χ0v) is 21.0. The van der Waals surface area contributed by atoms with Crippen LogP contribution in [0.3, 0.4) is 0 Å². The fraction of sp³-hybridized carbons (Fsp3) is 0.143. The molecule has 1 aliphatic rings. The van der Waals surface area contributed by atoms with E-state index in [0.717, 1.165) is 16.9 Å². The summed E-state index contributed by atoms with van der Waals surface area (Å²) in [4.78, 5) is 30.0. The fourth-order valence-corrected chi connectivity index (χ4v) is 4.76. The monoisotopic (exact) mass is 512 g/mol. The Hall–Kier alpha value is -4.50. The topological polar surface area (TPSA) is 96.7 Å². The van der Waals surface area contributed by atoms with Crippen molar-refractivity contribution in [2.24, 2.45) is 0 Å². The Morgan fingerprint density at radius 2 is 1.86 bits per heavy atom. The van der Waals surface area contributed by atoms with Crippen LogP contribution in [0.15, 0.2) is 89.5 Å². The van der Waals surface area contributed by atoms with E-state index in [2.05, 4.69) is 15.6 Å². The molecule has 37 heavy (non-hydrogen) atoms. The highest BCUT2D eigenvalue weighted by Crippen LogP contribution is 2.43. The molecule has 2 aromatic carbocycles. The summed E-state index contributed by atoms with van der Waals surface area (Å²) in [6.45, 7) is 1.47. The molecule has 3 heterocycles. The second-order valence-corrected chi connectivity index (χ2v) is 8.89. The number of pyridine rings is 1. The number of amides is 1. The van der Waals surface area contributed by atoms with Crippen LogP contribution in [0.4, 0.5) is 11.4 Å². The van der Waals surface area contributed by atoms with Gasteiger partial charge in [0.05, 0.1) is 24.4 Å². The number of carbonyl (C=O) groups excluding carboxylic acids is 2. The number of hydrogen-bond acceptors (Lipinski definition) is 6. The third-order valence-corrected chi connectivity index (χ3v) is 6.36. The Bertz CT molecular complexity index is 1450. The molecule has 5 rings (SSSR count). The van der Waals surface area contributed by atoms with Crippen molar-refractivity contribution < 1.29 is 18.7 Å². The molecule has 2 aromatic heterocycles. The summed E-state index contributed by atoms with van der Waals surface area (Å²) >= 11 is 5.76. The average Bonchev–Trinajstić information content (AvgIpc) is 3.54. The quantitative estimate of drug-likeness (QED) is 0.267. The number of thiocarbonyl (C=S) groups is 1. The maximum atomic E-state index is 12.0. The van der Waals surface area contributed by atoms with Crippen molar-refractivity contribution in [3.63, 3.8) is 0 Å². The molecule has 1 amide bonds. The van der Waals surface area contributed by atoms with Crippen LogP contribution >= 0.6 is 12.2 Å². The van der Waals surface area contributed by atoms with Crippen LogP contribution in [0.2, 0.25) is 0 Å². The van der Waals surface area contributed by atoms with E-state index in [1.165, 1.54) is 14.0 Å². The summed E-state index contributed by atoms with van der Waals surface area (Å²) in [5.74, 6) is 0.730. The Labute approximate surface area is 219 Å². The number of methoxy groups -OCH3 is 1. The first kappa shape index (κ1) is 24.2. The minimum atomic E-state index is -0.414. The molecule has 9 heteroatoms. The van der Waals surface area contributed by atoms with E-state index in [1.807, 2.05) is 65.6 Å². The molecule has 0 unspecified atom stereocenters. The van der Waals surface area contributed by atoms with E-state index in [4.69, 9.17) is 21.4 Å². The molecule has 2 N–H and O–H groups in total. The molecule has 1 fully saturated rings. The predicted molar refractivity (Wildman–Crippen MR) is 144 cm³/mol. The van der Waals surface area contributed by atoms with Crippen LogP contribution in [-0.2, 0) is 9.53 Å². The van der Waals surface area contributed by atoms with Gasteiger partial charge in [0.2, 0.25) is 5.91 Å². The highest BCUT2D eigenvalue weighted by molar-refractivity contribution is 7.80. The van der Waals surface area contributed by atoms with Crippen LogP contribution in [0.25, 0.3) is 11.3 Å². The summed E-state index contributed by atoms with van der Waals surface area (Å²) in [5.41, 5.74) is 3.54. The van der Waals surface area contributed by atoms with E-state index >= 15 is 0 Å². The Morgan fingerprint density at radius 1 is 1.05 bits per heavy atom. The molecule has 8 nitrogen and oxygen atoms in total. The Morgan fingerprint density at radius 3 is 2.57 bits per heavy atom. The van der Waals surface area contributed by atoms with Gasteiger partial charge in [-0.15, -0.1) is 0 Å². The number of ether oxygens (including phenoxy) is 1. The SMILES string of the molecule is COC(=O)c1cccc(-c2ccc([C@H]3[C@H](c4ccccn4)NC(=S)N3c3ccc(NC(C)=O)cc3)o2)c1. The molecular weight excluding hydrogens is 488 g/mol. The molecular formula is C28H24N4O4S. The number of carbonyl (C=O) groups is 2. The van der Waals surface area contributed by atoms with Crippen molar-refractivity contribution in [3.05, 3.63) is 102 Å². The lowest BCUT2D eigenvalue weighted by Crippen LogP contribution is -2.29. The number of nitrogens with zero attached hydrogens (tertiary/aromatic N) is 2. The summed E-state index contributed by atoms with van der Waals surface area (Å²) in [5, 5.41) is 6.71. The number of furan rings is 1. The minimum Gasteiger partial charge on any atom is -0.465 e. The van der Waals surface area contributed by atoms with Gasteiger partial charge >= 0.3 is 5.97 Å².